The minimum Gasteiger partial charge on any atom is -0.0623 e. The zero-order valence-corrected chi connectivity index (χ0v) is 15.3. The van der Waals surface area contributed by atoms with Crippen LogP contribution in [-0.4, -0.2) is 34.6 Å². The van der Waals surface area contributed by atoms with Crippen molar-refractivity contribution in [2.24, 2.45) is 0 Å². The average molecular weight is 288 g/mol. The van der Waals surface area contributed by atoms with E-state index in [2.05, 4.69) is 0 Å². The van der Waals surface area contributed by atoms with E-state index in [1.807, 2.05) is 36.4 Å². The van der Waals surface area contributed by atoms with E-state index in [-0.39, 0.29) is 6.67 Å². The van der Waals surface area contributed by atoms with E-state index in [1.165, 1.54) is 83.0 Å². The van der Waals surface area contributed by atoms with Crippen LogP contribution in [0.25, 0.3) is 0 Å². The summed E-state index contributed by atoms with van der Waals surface area (Å²) < 4.78 is 13.2. The molecule has 110 valence electrons. The smallest absolute Gasteiger partial charge is 0.0623 e. The standard InChI is InChI=1S/C12H24F.C6H6.Na/c1-2-3-4-5-6-7-8-9-10-11-12-13;1-2-4-6-5-3-1;/h1-12H2;1-6H;. The normalized spacial score (nSPS) is 9.95. The molecule has 0 radical (unpaired) electrons. The maximum Gasteiger partial charge on any atom is -0.0623 e. The van der Waals surface area contributed by atoms with Crippen molar-refractivity contribution >= 4 is 27.9 Å². The monoisotopic (exact) mass is 288 g/mol. The van der Waals surface area contributed by atoms with Gasteiger partial charge in [0.1, 0.15) is 0 Å². The third kappa shape index (κ3) is 18.1. The topological polar surface area (TPSA) is 0 Å². The fourth-order valence-corrected chi connectivity index (χ4v) is 2.64. The Morgan fingerprint density at radius 1 is 0.500 bits per heavy atom. The molecule has 0 N–H and O–H groups in total. The van der Waals surface area contributed by atoms with Gasteiger partial charge in [0.25, 0.3) is 0 Å². The molecule has 0 fully saturated rings. The van der Waals surface area contributed by atoms with Crippen molar-refractivity contribution in [3.63, 3.8) is 0 Å². The first kappa shape index (κ1) is 20.1. The third-order valence-electron chi connectivity index (χ3n) is 3.40. The molecule has 0 nitrogen and oxygen atoms in total. The van der Waals surface area contributed by atoms with E-state index in [1.54, 1.807) is 0 Å². The van der Waals surface area contributed by atoms with Crippen LogP contribution in [0.2, 0.25) is 3.67 Å². The van der Waals surface area contributed by atoms with Crippen molar-refractivity contribution in [2.75, 3.05) is 6.67 Å². The van der Waals surface area contributed by atoms with E-state index in [0.717, 1.165) is 12.8 Å². The number of hydrogen-bond acceptors (Lipinski definition) is 0. The molecule has 0 amide bonds. The first-order valence-electron chi connectivity index (χ1n) is 8.47. The molecule has 0 heterocycles. The number of unbranched alkanes of at least 4 members (excludes halogenated alkanes) is 9. The summed E-state index contributed by atoms with van der Waals surface area (Å²) in [6.07, 6.45) is 13.0. The van der Waals surface area contributed by atoms with Gasteiger partial charge in [-0.3, -0.25) is 4.39 Å². The van der Waals surface area contributed by atoms with Gasteiger partial charge in [-0.1, -0.05) is 36.4 Å². The summed E-state index contributed by atoms with van der Waals surface area (Å²) in [6, 6.07) is 12.0. The third-order valence-corrected chi connectivity index (χ3v) is 4.11. The first-order chi connectivity index (χ1) is 9.91. The molecule has 0 aliphatic rings. The largest absolute Gasteiger partial charge is 0.0623 e. The molecule has 1 rings (SSSR count). The summed E-state index contributed by atoms with van der Waals surface area (Å²) >= 11 is 1.38. The number of rotatable bonds is 11. The minimum atomic E-state index is -0.125. The summed E-state index contributed by atoms with van der Waals surface area (Å²) in [7, 11) is 0. The van der Waals surface area contributed by atoms with Gasteiger partial charge >= 0.3 is 102 Å². The van der Waals surface area contributed by atoms with Crippen molar-refractivity contribution in [1.82, 2.24) is 0 Å². The zero-order valence-electron chi connectivity index (χ0n) is 13.3. The molecule has 20 heavy (non-hydrogen) atoms. The van der Waals surface area contributed by atoms with Crippen molar-refractivity contribution in [1.29, 1.82) is 0 Å². The number of hydrogen-bond donors (Lipinski definition) is 0. The summed E-state index contributed by atoms with van der Waals surface area (Å²) in [5.41, 5.74) is 0. The zero-order chi connectivity index (χ0) is 14.7. The van der Waals surface area contributed by atoms with Crippen LogP contribution in [0.1, 0.15) is 64.2 Å². The fraction of sp³-hybridized carbons (Fsp3) is 0.667. The molecular formula is C18H30FNa. The Hall–Kier alpha value is 0.150. The maximum atomic E-state index is 11.7. The van der Waals surface area contributed by atoms with Crippen molar-refractivity contribution in [3.05, 3.63) is 36.4 Å². The predicted octanol–water partition coefficient (Wildman–Crippen LogP) is 6.13. The van der Waals surface area contributed by atoms with E-state index in [4.69, 9.17) is 0 Å². The van der Waals surface area contributed by atoms with Crippen LogP contribution in [-0.2, 0) is 0 Å². The van der Waals surface area contributed by atoms with Crippen LogP contribution >= 0.6 is 0 Å². The van der Waals surface area contributed by atoms with Crippen LogP contribution < -0.4 is 0 Å². The average Bonchev–Trinajstić information content (AvgIpc) is 2.52. The van der Waals surface area contributed by atoms with Gasteiger partial charge in [0.15, 0.2) is 0 Å². The van der Waals surface area contributed by atoms with Crippen LogP contribution in [0.4, 0.5) is 4.39 Å². The quantitative estimate of drug-likeness (QED) is 0.339. The Balaban J connectivity index is 0.000000493. The second-order valence-corrected chi connectivity index (χ2v) is 6.38. The molecule has 0 saturated carbocycles. The second kappa shape index (κ2) is 19.1. The summed E-state index contributed by atoms with van der Waals surface area (Å²) in [6.45, 7) is -0.125. The SMILES string of the molecule is FCCCCCCCCCCC[CH2][Na].c1ccccc1. The van der Waals surface area contributed by atoms with Gasteiger partial charge in [-0.15, -0.1) is 0 Å². The summed E-state index contributed by atoms with van der Waals surface area (Å²) in [5, 5.41) is 0. The van der Waals surface area contributed by atoms with Gasteiger partial charge < -0.3 is 0 Å². The minimum absolute atomic E-state index is 0.125. The molecular weight excluding hydrogens is 258 g/mol. The van der Waals surface area contributed by atoms with E-state index >= 15 is 0 Å². The van der Waals surface area contributed by atoms with Gasteiger partial charge in [-0.2, -0.15) is 0 Å². The van der Waals surface area contributed by atoms with E-state index < -0.39 is 0 Å². The molecule has 2 heteroatoms. The van der Waals surface area contributed by atoms with Gasteiger partial charge in [-0.25, -0.2) is 0 Å². The second-order valence-electron chi connectivity index (χ2n) is 5.38. The summed E-state index contributed by atoms with van der Waals surface area (Å²) in [4.78, 5) is 0. The van der Waals surface area contributed by atoms with E-state index in [9.17, 15) is 4.39 Å². The van der Waals surface area contributed by atoms with E-state index in [0.29, 0.717) is 0 Å². The molecule has 0 aromatic heterocycles. The Morgan fingerprint density at radius 2 is 0.800 bits per heavy atom. The number of alkyl halides is 1. The molecule has 0 unspecified atom stereocenters. The summed E-state index contributed by atoms with van der Waals surface area (Å²) in [5.74, 6) is 0. The molecule has 0 spiro atoms. The molecule has 0 saturated heterocycles. The van der Waals surface area contributed by atoms with Crippen LogP contribution in [0.15, 0.2) is 36.4 Å². The van der Waals surface area contributed by atoms with Crippen molar-refractivity contribution < 1.29 is 4.39 Å². The number of benzene rings is 1. The Bertz CT molecular complexity index is 212. The molecule has 1 aromatic rings. The van der Waals surface area contributed by atoms with Gasteiger partial charge in [0.05, 0.1) is 0 Å². The molecule has 0 atom stereocenters. The van der Waals surface area contributed by atoms with Crippen molar-refractivity contribution in [2.45, 2.75) is 67.9 Å². The molecule has 0 aliphatic carbocycles. The number of halogens is 1. The predicted molar refractivity (Wildman–Crippen MR) is 89.1 cm³/mol. The van der Waals surface area contributed by atoms with Crippen LogP contribution in [0.5, 0.6) is 0 Å². The molecule has 1 aromatic carbocycles. The van der Waals surface area contributed by atoms with Crippen molar-refractivity contribution in [3.8, 4) is 0 Å². The Labute approximate surface area is 143 Å². The Kier molecular flexibility index (Phi) is 19.3. The maximum absolute atomic E-state index is 11.7. The fourth-order valence-electron chi connectivity index (χ4n) is 2.14. The molecule has 0 aliphatic heterocycles. The van der Waals surface area contributed by atoms with Crippen LogP contribution in [0, 0.1) is 0 Å². The first-order valence-corrected chi connectivity index (χ1v) is 9.89. The van der Waals surface area contributed by atoms with Gasteiger partial charge in [0.2, 0.25) is 0 Å². The molecule has 0 bridgehead atoms. The van der Waals surface area contributed by atoms with Gasteiger partial charge in [-0.05, 0) is 0 Å². The Morgan fingerprint density at radius 3 is 1.10 bits per heavy atom. The van der Waals surface area contributed by atoms with Crippen LogP contribution in [0.3, 0.4) is 0 Å². The van der Waals surface area contributed by atoms with Gasteiger partial charge in [0, 0.05) is 0 Å².